The van der Waals surface area contributed by atoms with Gasteiger partial charge in [0, 0.05) is 27.5 Å². The normalized spacial score (nSPS) is 12.4. The van der Waals surface area contributed by atoms with Crippen LogP contribution in [0.5, 0.6) is 23.0 Å². The van der Waals surface area contributed by atoms with Crippen LogP contribution in [0.2, 0.25) is 5.02 Å². The Balaban J connectivity index is 1.53. The van der Waals surface area contributed by atoms with Crippen LogP contribution in [0.4, 0.5) is 0 Å². The van der Waals surface area contributed by atoms with Gasteiger partial charge in [-0.25, -0.2) is 4.98 Å². The van der Waals surface area contributed by atoms with Crippen LogP contribution >= 0.6 is 27.5 Å². The predicted molar refractivity (Wildman–Crippen MR) is 146 cm³/mol. The second kappa shape index (κ2) is 10.8. The minimum atomic E-state index is -0.261. The lowest BCUT2D eigenvalue weighted by atomic mass is 10.2. The summed E-state index contributed by atoms with van der Waals surface area (Å²) in [5.74, 6) is 2.82. The van der Waals surface area contributed by atoms with Gasteiger partial charge in [0.25, 0.3) is 5.56 Å². The van der Waals surface area contributed by atoms with E-state index in [0.29, 0.717) is 56.7 Å². The fraction of sp³-hybridized carbons (Fsp3) is 0.222. The number of hydrogen-bond acceptors (Lipinski definition) is 7. The zero-order valence-corrected chi connectivity index (χ0v) is 22.5. The van der Waals surface area contributed by atoms with Gasteiger partial charge >= 0.3 is 0 Å². The second-order valence-corrected chi connectivity index (χ2v) is 9.66. The summed E-state index contributed by atoms with van der Waals surface area (Å²) in [5, 5.41) is 5.43. The largest absolute Gasteiger partial charge is 0.493 e. The maximum atomic E-state index is 13.4. The number of aromatic nitrogens is 2. The Bertz CT molecular complexity index is 1570. The number of hydrogen-bond donors (Lipinski definition) is 0. The van der Waals surface area contributed by atoms with Crippen LogP contribution in [0.25, 0.3) is 10.9 Å². The third-order valence-corrected chi connectivity index (χ3v) is 6.46. The first kappa shape index (κ1) is 25.1. The van der Waals surface area contributed by atoms with Crippen molar-refractivity contribution in [2.45, 2.75) is 26.4 Å². The first-order valence-corrected chi connectivity index (χ1v) is 12.8. The molecule has 0 unspecified atom stereocenters. The Morgan fingerprint density at radius 2 is 2.00 bits per heavy atom. The Kier molecular flexibility index (Phi) is 7.34. The average molecular weight is 585 g/mol. The van der Waals surface area contributed by atoms with Gasteiger partial charge in [0.1, 0.15) is 12.4 Å². The Morgan fingerprint density at radius 1 is 1.16 bits per heavy atom. The van der Waals surface area contributed by atoms with Crippen molar-refractivity contribution in [2.75, 3.05) is 13.9 Å². The van der Waals surface area contributed by atoms with E-state index in [4.69, 9.17) is 30.5 Å². The number of aryl methyl sites for hydroxylation is 1. The number of fused-ring (bicyclic) bond motifs is 2. The molecule has 3 aromatic carbocycles. The topological polar surface area (TPSA) is 84.2 Å². The number of rotatable bonds is 8. The van der Waals surface area contributed by atoms with Gasteiger partial charge in [-0.2, -0.15) is 9.78 Å². The first-order valence-electron chi connectivity index (χ1n) is 11.6. The zero-order chi connectivity index (χ0) is 25.9. The fourth-order valence-corrected chi connectivity index (χ4v) is 4.57. The van der Waals surface area contributed by atoms with Crippen molar-refractivity contribution >= 4 is 44.6 Å². The van der Waals surface area contributed by atoms with Crippen molar-refractivity contribution in [2.24, 2.45) is 5.10 Å². The SMILES string of the molecule is CCCc1nc2ccc(Br)cc2c(=O)n1N=Cc1cc(Cl)cc(OC)c1OCc1ccc2c(c1)OCO2. The van der Waals surface area contributed by atoms with Gasteiger partial charge < -0.3 is 18.9 Å². The summed E-state index contributed by atoms with van der Waals surface area (Å²) in [7, 11) is 1.54. The molecule has 2 heterocycles. The maximum Gasteiger partial charge on any atom is 0.282 e. The van der Waals surface area contributed by atoms with Crippen molar-refractivity contribution < 1.29 is 18.9 Å². The monoisotopic (exact) mass is 583 g/mol. The van der Waals surface area contributed by atoms with Gasteiger partial charge in [-0.1, -0.05) is 40.5 Å². The van der Waals surface area contributed by atoms with Gasteiger partial charge in [-0.15, -0.1) is 0 Å². The highest BCUT2D eigenvalue weighted by Crippen LogP contribution is 2.36. The van der Waals surface area contributed by atoms with Gasteiger partial charge in [0.2, 0.25) is 6.79 Å². The molecule has 1 aromatic heterocycles. The van der Waals surface area contributed by atoms with Crippen molar-refractivity contribution in [1.29, 1.82) is 0 Å². The van der Waals surface area contributed by atoms with E-state index >= 15 is 0 Å². The Morgan fingerprint density at radius 3 is 2.81 bits per heavy atom. The molecule has 10 heteroatoms. The molecule has 4 aromatic rings. The molecule has 0 bridgehead atoms. The molecule has 5 rings (SSSR count). The lowest BCUT2D eigenvalue weighted by Crippen LogP contribution is -2.22. The van der Waals surface area contributed by atoms with E-state index < -0.39 is 0 Å². The summed E-state index contributed by atoms with van der Waals surface area (Å²) in [6.45, 7) is 2.46. The van der Waals surface area contributed by atoms with Crippen LogP contribution in [-0.4, -0.2) is 29.8 Å². The Hall–Kier alpha value is -3.56. The molecule has 0 N–H and O–H groups in total. The predicted octanol–water partition coefficient (Wildman–Crippen LogP) is 5.96. The molecule has 1 aliphatic heterocycles. The van der Waals surface area contributed by atoms with Gasteiger partial charge in [-0.3, -0.25) is 4.79 Å². The highest BCUT2D eigenvalue weighted by Gasteiger charge is 2.16. The molecule has 1 aliphatic rings. The van der Waals surface area contributed by atoms with Gasteiger partial charge in [0.05, 0.1) is 24.2 Å². The molecular weight excluding hydrogens is 562 g/mol. The van der Waals surface area contributed by atoms with E-state index in [-0.39, 0.29) is 19.0 Å². The third kappa shape index (κ3) is 5.28. The summed E-state index contributed by atoms with van der Waals surface area (Å²) in [5.41, 5.74) is 1.80. The summed E-state index contributed by atoms with van der Waals surface area (Å²) in [6, 6.07) is 14.4. The highest BCUT2D eigenvalue weighted by atomic mass is 79.9. The van der Waals surface area contributed by atoms with E-state index in [0.717, 1.165) is 16.5 Å². The van der Waals surface area contributed by atoms with E-state index in [1.807, 2.05) is 37.3 Å². The van der Waals surface area contributed by atoms with Crippen LogP contribution in [0.15, 0.2) is 62.9 Å². The highest BCUT2D eigenvalue weighted by molar-refractivity contribution is 9.10. The number of methoxy groups -OCH3 is 1. The molecule has 0 amide bonds. The minimum absolute atomic E-state index is 0.200. The molecule has 0 fully saturated rings. The molecule has 0 radical (unpaired) electrons. The maximum absolute atomic E-state index is 13.4. The van der Waals surface area contributed by atoms with Gasteiger partial charge in [-0.05, 0) is 48.4 Å². The Labute approximate surface area is 226 Å². The number of nitrogens with zero attached hydrogens (tertiary/aromatic N) is 3. The summed E-state index contributed by atoms with van der Waals surface area (Å²) < 4.78 is 24.7. The number of ether oxygens (including phenoxy) is 4. The molecule has 0 aliphatic carbocycles. The summed E-state index contributed by atoms with van der Waals surface area (Å²) in [4.78, 5) is 18.0. The molecule has 0 atom stereocenters. The molecule has 0 saturated carbocycles. The molecule has 0 saturated heterocycles. The van der Waals surface area contributed by atoms with Crippen molar-refractivity contribution in [3.8, 4) is 23.0 Å². The van der Waals surface area contributed by atoms with Crippen LogP contribution < -0.4 is 24.5 Å². The molecular formula is C27H23BrClN3O5. The number of benzene rings is 3. The lowest BCUT2D eigenvalue weighted by Gasteiger charge is -2.14. The van der Waals surface area contributed by atoms with E-state index in [1.165, 1.54) is 18.0 Å². The smallest absolute Gasteiger partial charge is 0.282 e. The van der Waals surface area contributed by atoms with Crippen LogP contribution in [0, 0.1) is 0 Å². The minimum Gasteiger partial charge on any atom is -0.493 e. The van der Waals surface area contributed by atoms with Crippen LogP contribution in [0.3, 0.4) is 0 Å². The van der Waals surface area contributed by atoms with Crippen LogP contribution in [-0.2, 0) is 13.0 Å². The first-order chi connectivity index (χ1) is 18.0. The van der Waals surface area contributed by atoms with Gasteiger partial charge in [0.15, 0.2) is 23.0 Å². The average Bonchev–Trinajstić information content (AvgIpc) is 3.36. The molecule has 37 heavy (non-hydrogen) atoms. The molecule has 0 spiro atoms. The molecule has 8 nitrogen and oxygen atoms in total. The zero-order valence-electron chi connectivity index (χ0n) is 20.2. The van der Waals surface area contributed by atoms with Crippen molar-refractivity contribution in [3.05, 3.63) is 85.3 Å². The van der Waals surface area contributed by atoms with E-state index in [1.54, 1.807) is 18.2 Å². The summed E-state index contributed by atoms with van der Waals surface area (Å²) >= 11 is 9.79. The van der Waals surface area contributed by atoms with Crippen molar-refractivity contribution in [1.82, 2.24) is 9.66 Å². The lowest BCUT2D eigenvalue weighted by molar-refractivity contribution is 0.174. The molecule has 190 valence electrons. The van der Waals surface area contributed by atoms with Crippen LogP contribution in [0.1, 0.15) is 30.3 Å². The standard InChI is InChI=1S/C27H23BrClN3O5/c1-3-4-25-31-21-7-6-18(28)11-20(21)27(33)32(25)30-13-17-10-19(29)12-24(34-2)26(17)35-14-16-5-8-22-23(9-16)37-15-36-22/h5-13H,3-4,14-15H2,1-2H3. The second-order valence-electron chi connectivity index (χ2n) is 8.30. The van der Waals surface area contributed by atoms with Crippen molar-refractivity contribution in [3.63, 3.8) is 0 Å². The summed E-state index contributed by atoms with van der Waals surface area (Å²) in [6.07, 6.45) is 2.93. The number of halogens is 2. The third-order valence-electron chi connectivity index (χ3n) is 5.75. The quantitative estimate of drug-likeness (QED) is 0.238. The van der Waals surface area contributed by atoms with E-state index in [9.17, 15) is 4.79 Å². The van der Waals surface area contributed by atoms with E-state index in [2.05, 4.69) is 26.0 Å². The fourth-order valence-electron chi connectivity index (χ4n) is 4.00.